The maximum atomic E-state index is 12.5. The number of nitrogens with one attached hydrogen (secondary N) is 2. The lowest BCUT2D eigenvalue weighted by Gasteiger charge is -2.18. The van der Waals surface area contributed by atoms with Crippen LogP contribution in [0.1, 0.15) is 18.4 Å². The molecule has 1 aliphatic rings. The average Bonchev–Trinajstić information content (AvgIpc) is 3.46. The number of unbranched alkanes of at least 4 members (excludes halogenated alkanes) is 1. The number of nitrogens with two attached hydrogens (primary N) is 2. The van der Waals surface area contributed by atoms with Crippen molar-refractivity contribution in [1.82, 2.24) is 10.6 Å². The number of carboxylic acids is 1. The minimum atomic E-state index is -1.23. The Balaban J connectivity index is 1.91. The van der Waals surface area contributed by atoms with Crippen molar-refractivity contribution in [1.29, 1.82) is 0 Å². The Morgan fingerprint density at radius 3 is 2.41 bits per heavy atom. The number of carboxylic acid groups (broad SMARTS) is 1. The number of guanidine groups is 1. The first-order valence-electron chi connectivity index (χ1n) is 9.07. The highest BCUT2D eigenvalue weighted by molar-refractivity contribution is 5.95. The zero-order chi connectivity index (χ0) is 21.4. The highest BCUT2D eigenvalue weighted by atomic mass is 16.6. The minimum Gasteiger partial charge on any atom is -0.508 e. The highest BCUT2D eigenvalue weighted by Crippen LogP contribution is 2.22. The number of rotatable bonds is 11. The van der Waals surface area contributed by atoms with Gasteiger partial charge in [0.05, 0.1) is 0 Å². The predicted octanol–water partition coefficient (Wildman–Crippen LogP) is -1.56. The van der Waals surface area contributed by atoms with Gasteiger partial charge in [-0.2, -0.15) is 0 Å². The lowest BCUT2D eigenvalue weighted by atomic mass is 10.0. The third-order valence-electron chi connectivity index (χ3n) is 4.18. The van der Waals surface area contributed by atoms with E-state index in [1.807, 2.05) is 0 Å². The minimum absolute atomic E-state index is 0.00710. The molecule has 1 aromatic rings. The molecule has 2 amide bonds. The molecule has 0 radical (unpaired) electrons. The molecule has 0 aromatic heterocycles. The largest absolute Gasteiger partial charge is 0.508 e. The Kier molecular flexibility index (Phi) is 7.78. The molecule has 3 atom stereocenters. The van der Waals surface area contributed by atoms with Gasteiger partial charge in [-0.05, 0) is 30.5 Å². The van der Waals surface area contributed by atoms with E-state index in [0.717, 1.165) is 0 Å². The number of epoxide rings is 1. The summed E-state index contributed by atoms with van der Waals surface area (Å²) < 4.78 is 4.82. The number of hydrogen-bond acceptors (Lipinski definition) is 6. The maximum absolute atomic E-state index is 12.5. The van der Waals surface area contributed by atoms with Crippen LogP contribution in [0.2, 0.25) is 0 Å². The summed E-state index contributed by atoms with van der Waals surface area (Å²) in [6, 6.07) is 5.28. The number of carbonyl (C=O) groups is 3. The van der Waals surface area contributed by atoms with Crippen LogP contribution < -0.4 is 22.1 Å². The van der Waals surface area contributed by atoms with Crippen molar-refractivity contribution >= 4 is 23.7 Å². The van der Waals surface area contributed by atoms with Gasteiger partial charge in [0.2, 0.25) is 5.91 Å². The normalized spacial score (nSPS) is 18.3. The molecule has 1 heterocycles. The summed E-state index contributed by atoms with van der Waals surface area (Å²) in [6.45, 7) is 0.805. The summed E-state index contributed by atoms with van der Waals surface area (Å²) >= 11 is 0. The number of aliphatic carboxylic acids is 1. The first kappa shape index (κ1) is 22.0. The van der Waals surface area contributed by atoms with Crippen molar-refractivity contribution in [2.75, 3.05) is 13.1 Å². The standard InChI is InChI=1S/C18H25N5O6/c19-18(20)22-8-2-1-7-21-15(25)12(9-10-3-5-11(24)6-4-10)23-16(26)13-14(29-13)17(27)28/h3-6,12-14,24H,1-2,7-9H2,(H,21,25)(H,23,26)(H,27,28)(H4,19,20,22)/t12-,13-,14+/m0/s1. The summed E-state index contributed by atoms with van der Waals surface area (Å²) in [4.78, 5) is 39.5. The number of hydrogen-bond donors (Lipinski definition) is 6. The van der Waals surface area contributed by atoms with Gasteiger partial charge >= 0.3 is 5.97 Å². The fourth-order valence-electron chi connectivity index (χ4n) is 2.61. The average molecular weight is 407 g/mol. The number of phenolic OH excluding ortho intramolecular Hbond substituents is 1. The number of nitrogens with zero attached hydrogens (tertiary/aromatic N) is 1. The van der Waals surface area contributed by atoms with E-state index in [4.69, 9.17) is 21.3 Å². The molecule has 0 spiro atoms. The van der Waals surface area contributed by atoms with E-state index in [-0.39, 0.29) is 18.1 Å². The van der Waals surface area contributed by atoms with Gasteiger partial charge in [0.15, 0.2) is 18.2 Å². The van der Waals surface area contributed by atoms with E-state index in [1.54, 1.807) is 12.1 Å². The molecular weight excluding hydrogens is 382 g/mol. The fourth-order valence-corrected chi connectivity index (χ4v) is 2.61. The molecule has 1 aliphatic heterocycles. The highest BCUT2D eigenvalue weighted by Gasteiger charge is 2.51. The zero-order valence-corrected chi connectivity index (χ0v) is 15.7. The van der Waals surface area contributed by atoms with Crippen molar-refractivity contribution < 1.29 is 29.3 Å². The second kappa shape index (κ2) is 10.3. The number of aromatic hydroxyl groups is 1. The summed E-state index contributed by atoms with van der Waals surface area (Å²) in [7, 11) is 0. The zero-order valence-electron chi connectivity index (χ0n) is 15.7. The van der Waals surface area contributed by atoms with Crippen LogP contribution in [0.25, 0.3) is 0 Å². The van der Waals surface area contributed by atoms with E-state index in [1.165, 1.54) is 12.1 Å². The predicted molar refractivity (Wildman–Crippen MR) is 103 cm³/mol. The van der Waals surface area contributed by atoms with Crippen LogP contribution in [-0.4, -0.2) is 65.3 Å². The molecule has 0 bridgehead atoms. The van der Waals surface area contributed by atoms with Crippen molar-refractivity contribution in [2.24, 2.45) is 16.5 Å². The molecule has 29 heavy (non-hydrogen) atoms. The lowest BCUT2D eigenvalue weighted by Crippen LogP contribution is -2.49. The molecule has 158 valence electrons. The van der Waals surface area contributed by atoms with Gasteiger partial charge in [0.1, 0.15) is 11.8 Å². The molecule has 1 fully saturated rings. The SMILES string of the molecule is NC(N)=NCCCCNC(=O)[C@H](Cc1ccc(O)cc1)NC(=O)[C@H]1O[C@H]1C(=O)O. The van der Waals surface area contributed by atoms with Crippen molar-refractivity contribution in [3.05, 3.63) is 29.8 Å². The first-order valence-corrected chi connectivity index (χ1v) is 9.07. The molecule has 0 unspecified atom stereocenters. The van der Waals surface area contributed by atoms with Gasteiger partial charge in [-0.25, -0.2) is 4.79 Å². The number of benzene rings is 1. The van der Waals surface area contributed by atoms with E-state index in [9.17, 15) is 19.5 Å². The number of carbonyl (C=O) groups excluding carboxylic acids is 2. The number of amides is 2. The Morgan fingerprint density at radius 2 is 1.83 bits per heavy atom. The molecule has 8 N–H and O–H groups in total. The molecule has 1 aromatic carbocycles. The van der Waals surface area contributed by atoms with E-state index in [2.05, 4.69) is 15.6 Å². The topological polar surface area (TPSA) is 193 Å². The second-order valence-electron chi connectivity index (χ2n) is 6.55. The van der Waals surface area contributed by atoms with Crippen LogP contribution >= 0.6 is 0 Å². The van der Waals surface area contributed by atoms with Crippen LogP contribution in [0.4, 0.5) is 0 Å². The van der Waals surface area contributed by atoms with Crippen molar-refractivity contribution in [2.45, 2.75) is 37.5 Å². The third kappa shape index (κ3) is 7.30. The molecule has 0 aliphatic carbocycles. The van der Waals surface area contributed by atoms with E-state index in [0.29, 0.717) is 31.5 Å². The molecule has 11 nitrogen and oxygen atoms in total. The summed E-state index contributed by atoms with van der Waals surface area (Å²) in [5.74, 6) is -2.22. The molecule has 1 saturated heterocycles. The summed E-state index contributed by atoms with van der Waals surface area (Å²) in [5, 5.41) is 23.5. The third-order valence-corrected chi connectivity index (χ3v) is 4.18. The number of ether oxygens (including phenoxy) is 1. The lowest BCUT2D eigenvalue weighted by molar-refractivity contribution is -0.138. The van der Waals surface area contributed by atoms with E-state index < -0.39 is 36.0 Å². The van der Waals surface area contributed by atoms with Gasteiger partial charge in [0.25, 0.3) is 5.91 Å². The van der Waals surface area contributed by atoms with Crippen LogP contribution in [0, 0.1) is 0 Å². The van der Waals surface area contributed by atoms with Crippen LogP contribution in [0.3, 0.4) is 0 Å². The van der Waals surface area contributed by atoms with Crippen LogP contribution in [0.5, 0.6) is 5.75 Å². The van der Waals surface area contributed by atoms with E-state index >= 15 is 0 Å². The van der Waals surface area contributed by atoms with Gasteiger partial charge < -0.3 is 37.1 Å². The second-order valence-corrected chi connectivity index (χ2v) is 6.55. The Bertz CT molecular complexity index is 763. The van der Waals surface area contributed by atoms with Gasteiger partial charge in [-0.1, -0.05) is 12.1 Å². The number of aliphatic imine (C=N–C) groups is 1. The molecular formula is C18H25N5O6. The van der Waals surface area contributed by atoms with Crippen LogP contribution in [-0.2, 0) is 25.5 Å². The molecule has 0 saturated carbocycles. The van der Waals surface area contributed by atoms with Gasteiger partial charge in [0, 0.05) is 19.5 Å². The molecule has 11 heteroatoms. The maximum Gasteiger partial charge on any atom is 0.336 e. The fraction of sp³-hybridized carbons (Fsp3) is 0.444. The summed E-state index contributed by atoms with van der Waals surface area (Å²) in [6.07, 6.45) is -0.834. The monoisotopic (exact) mass is 407 g/mol. The van der Waals surface area contributed by atoms with Crippen molar-refractivity contribution in [3.8, 4) is 5.75 Å². The van der Waals surface area contributed by atoms with Gasteiger partial charge in [-0.3, -0.25) is 14.6 Å². The Morgan fingerprint density at radius 1 is 1.14 bits per heavy atom. The van der Waals surface area contributed by atoms with Gasteiger partial charge in [-0.15, -0.1) is 0 Å². The van der Waals surface area contributed by atoms with Crippen LogP contribution in [0.15, 0.2) is 29.3 Å². The number of phenols is 1. The Labute approximate surface area is 167 Å². The summed E-state index contributed by atoms with van der Waals surface area (Å²) in [5.41, 5.74) is 11.2. The van der Waals surface area contributed by atoms with Crippen molar-refractivity contribution in [3.63, 3.8) is 0 Å². The smallest absolute Gasteiger partial charge is 0.336 e. The Hall–Kier alpha value is -3.34. The molecule has 2 rings (SSSR count). The quantitative estimate of drug-likeness (QED) is 0.110. The first-order chi connectivity index (χ1) is 13.8.